The summed E-state index contributed by atoms with van der Waals surface area (Å²) in [5, 5.41) is 7.46. The van der Waals surface area contributed by atoms with Crippen molar-refractivity contribution in [3.63, 3.8) is 0 Å². The normalized spacial score (nSPS) is 14.3. The van der Waals surface area contributed by atoms with Crippen molar-refractivity contribution in [3.8, 4) is 5.69 Å². The molecule has 5 heteroatoms. The molecule has 0 radical (unpaired) electrons. The standard InChI is InChI=1S/C20H24FN3O/c1-14-19(20(25)22-13-12-16-6-4-3-5-7-16)15(2)24(23-14)18-10-8-17(21)9-11-18/h6,8-11H,3-5,7,12-13H2,1-2H3,(H,22,25). The van der Waals surface area contributed by atoms with Gasteiger partial charge >= 0.3 is 0 Å². The topological polar surface area (TPSA) is 46.9 Å². The highest BCUT2D eigenvalue weighted by Gasteiger charge is 2.19. The highest BCUT2D eigenvalue weighted by Crippen LogP contribution is 2.20. The Morgan fingerprint density at radius 2 is 2.00 bits per heavy atom. The molecule has 0 aliphatic heterocycles. The van der Waals surface area contributed by atoms with E-state index in [2.05, 4.69) is 16.5 Å². The number of rotatable bonds is 5. The lowest BCUT2D eigenvalue weighted by Gasteiger charge is -2.13. The predicted octanol–water partition coefficient (Wildman–Crippen LogP) is 4.25. The average Bonchev–Trinajstić information content (AvgIpc) is 2.91. The first-order valence-electron chi connectivity index (χ1n) is 8.84. The van der Waals surface area contributed by atoms with E-state index in [1.807, 2.05) is 13.8 Å². The van der Waals surface area contributed by atoms with Gasteiger partial charge in [-0.3, -0.25) is 4.79 Å². The zero-order chi connectivity index (χ0) is 17.8. The molecular weight excluding hydrogens is 317 g/mol. The Kier molecular flexibility index (Phi) is 5.31. The largest absolute Gasteiger partial charge is 0.352 e. The van der Waals surface area contributed by atoms with Gasteiger partial charge in [0.15, 0.2) is 0 Å². The van der Waals surface area contributed by atoms with E-state index in [1.54, 1.807) is 16.8 Å². The number of aromatic nitrogens is 2. The minimum Gasteiger partial charge on any atom is -0.352 e. The van der Waals surface area contributed by atoms with E-state index in [1.165, 1.54) is 30.5 Å². The molecule has 4 nitrogen and oxygen atoms in total. The molecule has 1 aromatic carbocycles. The summed E-state index contributed by atoms with van der Waals surface area (Å²) in [5.41, 5.74) is 4.23. The summed E-state index contributed by atoms with van der Waals surface area (Å²) in [5.74, 6) is -0.389. The maximum absolute atomic E-state index is 13.1. The van der Waals surface area contributed by atoms with Crippen LogP contribution < -0.4 is 5.32 Å². The van der Waals surface area contributed by atoms with Crippen LogP contribution in [0.2, 0.25) is 0 Å². The van der Waals surface area contributed by atoms with Gasteiger partial charge in [0.25, 0.3) is 5.91 Å². The summed E-state index contributed by atoms with van der Waals surface area (Å²) in [7, 11) is 0. The van der Waals surface area contributed by atoms with E-state index >= 15 is 0 Å². The maximum atomic E-state index is 13.1. The van der Waals surface area contributed by atoms with Crippen LogP contribution in [0.5, 0.6) is 0 Å². The molecule has 0 unspecified atom stereocenters. The number of hydrogen-bond acceptors (Lipinski definition) is 2. The van der Waals surface area contributed by atoms with Gasteiger partial charge in [-0.05, 0) is 70.2 Å². The van der Waals surface area contributed by atoms with E-state index in [0.29, 0.717) is 17.8 Å². The van der Waals surface area contributed by atoms with Crippen molar-refractivity contribution >= 4 is 5.91 Å². The average molecular weight is 341 g/mol. The van der Waals surface area contributed by atoms with Crippen molar-refractivity contribution in [3.05, 3.63) is 58.7 Å². The van der Waals surface area contributed by atoms with Crippen molar-refractivity contribution in [2.45, 2.75) is 46.0 Å². The van der Waals surface area contributed by atoms with Crippen molar-refractivity contribution in [1.82, 2.24) is 15.1 Å². The van der Waals surface area contributed by atoms with Gasteiger partial charge in [0.2, 0.25) is 0 Å². The SMILES string of the molecule is Cc1nn(-c2ccc(F)cc2)c(C)c1C(=O)NCCC1=CCCCC1. The summed E-state index contributed by atoms with van der Waals surface area (Å²) >= 11 is 0. The fourth-order valence-electron chi connectivity index (χ4n) is 3.36. The highest BCUT2D eigenvalue weighted by atomic mass is 19.1. The smallest absolute Gasteiger partial charge is 0.255 e. The number of allylic oxidation sites excluding steroid dienone is 1. The zero-order valence-corrected chi connectivity index (χ0v) is 14.8. The summed E-state index contributed by atoms with van der Waals surface area (Å²) in [6, 6.07) is 6.10. The van der Waals surface area contributed by atoms with E-state index in [-0.39, 0.29) is 11.7 Å². The van der Waals surface area contributed by atoms with E-state index in [9.17, 15) is 9.18 Å². The number of aryl methyl sites for hydroxylation is 1. The second kappa shape index (κ2) is 7.64. The summed E-state index contributed by atoms with van der Waals surface area (Å²) < 4.78 is 14.8. The third-order valence-corrected chi connectivity index (χ3v) is 4.71. The lowest BCUT2D eigenvalue weighted by atomic mass is 9.97. The molecule has 3 rings (SSSR count). The first kappa shape index (κ1) is 17.4. The second-order valence-electron chi connectivity index (χ2n) is 6.55. The molecule has 2 aromatic rings. The molecule has 132 valence electrons. The number of carbonyl (C=O) groups is 1. The van der Waals surface area contributed by atoms with Crippen molar-refractivity contribution in [2.24, 2.45) is 0 Å². The quantitative estimate of drug-likeness (QED) is 0.827. The van der Waals surface area contributed by atoms with E-state index in [0.717, 1.165) is 30.6 Å². The first-order chi connectivity index (χ1) is 12.1. The lowest BCUT2D eigenvalue weighted by molar-refractivity contribution is 0.0953. The predicted molar refractivity (Wildman–Crippen MR) is 96.5 cm³/mol. The molecule has 0 bridgehead atoms. The fourth-order valence-corrected chi connectivity index (χ4v) is 3.36. The Balaban J connectivity index is 1.70. The second-order valence-corrected chi connectivity index (χ2v) is 6.55. The minimum atomic E-state index is -0.291. The molecule has 1 heterocycles. The third-order valence-electron chi connectivity index (χ3n) is 4.71. The molecule has 25 heavy (non-hydrogen) atoms. The highest BCUT2D eigenvalue weighted by molar-refractivity contribution is 5.96. The monoisotopic (exact) mass is 341 g/mol. The number of nitrogens with zero attached hydrogens (tertiary/aromatic N) is 2. The van der Waals surface area contributed by atoms with Gasteiger partial charge in [-0.2, -0.15) is 5.10 Å². The molecule has 1 amide bonds. The van der Waals surface area contributed by atoms with Crippen LogP contribution in [0.15, 0.2) is 35.9 Å². The van der Waals surface area contributed by atoms with Gasteiger partial charge in [-0.15, -0.1) is 0 Å². The Labute approximate surface area is 147 Å². The molecule has 0 spiro atoms. The molecule has 1 aliphatic rings. The summed E-state index contributed by atoms with van der Waals surface area (Å²) in [4.78, 5) is 12.6. The lowest BCUT2D eigenvalue weighted by Crippen LogP contribution is -2.26. The first-order valence-corrected chi connectivity index (χ1v) is 8.84. The van der Waals surface area contributed by atoms with Gasteiger partial charge in [0.05, 0.1) is 22.6 Å². The van der Waals surface area contributed by atoms with Crippen LogP contribution in [-0.4, -0.2) is 22.2 Å². The minimum absolute atomic E-state index is 0.0974. The van der Waals surface area contributed by atoms with Gasteiger partial charge in [-0.1, -0.05) is 11.6 Å². The molecule has 0 saturated heterocycles. The van der Waals surface area contributed by atoms with Crippen molar-refractivity contribution < 1.29 is 9.18 Å². The number of halogens is 1. The molecule has 1 aromatic heterocycles. The van der Waals surface area contributed by atoms with Gasteiger partial charge < -0.3 is 5.32 Å². The van der Waals surface area contributed by atoms with Crippen LogP contribution in [0, 0.1) is 19.7 Å². The third kappa shape index (κ3) is 3.98. The Morgan fingerprint density at radius 1 is 1.24 bits per heavy atom. The zero-order valence-electron chi connectivity index (χ0n) is 14.8. The van der Waals surface area contributed by atoms with Crippen molar-refractivity contribution in [1.29, 1.82) is 0 Å². The Bertz CT molecular complexity index is 790. The summed E-state index contributed by atoms with van der Waals surface area (Å²) in [6.45, 7) is 4.33. The molecule has 1 aliphatic carbocycles. The molecule has 0 saturated carbocycles. The molecule has 0 atom stereocenters. The van der Waals surface area contributed by atoms with E-state index < -0.39 is 0 Å². The van der Waals surface area contributed by atoms with Crippen LogP contribution in [-0.2, 0) is 0 Å². The van der Waals surface area contributed by atoms with Crippen LogP contribution in [0.25, 0.3) is 5.69 Å². The Morgan fingerprint density at radius 3 is 2.68 bits per heavy atom. The van der Waals surface area contributed by atoms with Crippen LogP contribution >= 0.6 is 0 Å². The Hall–Kier alpha value is -2.43. The molecule has 1 N–H and O–H groups in total. The summed E-state index contributed by atoms with van der Waals surface area (Å²) in [6.07, 6.45) is 8.05. The number of benzene rings is 1. The van der Waals surface area contributed by atoms with E-state index in [4.69, 9.17) is 0 Å². The van der Waals surface area contributed by atoms with Gasteiger partial charge in [0, 0.05) is 6.54 Å². The van der Waals surface area contributed by atoms with Crippen LogP contribution in [0.4, 0.5) is 4.39 Å². The van der Waals surface area contributed by atoms with Crippen molar-refractivity contribution in [2.75, 3.05) is 6.54 Å². The number of hydrogen-bond donors (Lipinski definition) is 1. The van der Waals surface area contributed by atoms with Gasteiger partial charge in [0.1, 0.15) is 5.82 Å². The number of nitrogens with one attached hydrogen (secondary N) is 1. The number of carbonyl (C=O) groups excluding carboxylic acids is 1. The maximum Gasteiger partial charge on any atom is 0.255 e. The van der Waals surface area contributed by atoms with Crippen LogP contribution in [0.1, 0.15) is 53.8 Å². The molecular formula is C20H24FN3O. The fraction of sp³-hybridized carbons (Fsp3) is 0.400. The molecule has 0 fully saturated rings. The van der Waals surface area contributed by atoms with Gasteiger partial charge in [-0.25, -0.2) is 9.07 Å². The number of amides is 1. The van der Waals surface area contributed by atoms with Crippen LogP contribution in [0.3, 0.4) is 0 Å².